The van der Waals surface area contributed by atoms with Crippen LogP contribution in [-0.2, 0) is 0 Å². The zero-order valence-corrected chi connectivity index (χ0v) is 11.7. The van der Waals surface area contributed by atoms with E-state index in [9.17, 15) is 4.79 Å². The quantitative estimate of drug-likeness (QED) is 0.875. The summed E-state index contributed by atoms with van der Waals surface area (Å²) in [6.07, 6.45) is 2.58. The summed E-state index contributed by atoms with van der Waals surface area (Å²) in [7, 11) is 1.62. The third-order valence-electron chi connectivity index (χ3n) is 2.89. The van der Waals surface area contributed by atoms with Crippen LogP contribution in [0.3, 0.4) is 0 Å². The molecular formula is C15H18N4O. The van der Waals surface area contributed by atoms with Gasteiger partial charge in [-0.1, -0.05) is 19.1 Å². The van der Waals surface area contributed by atoms with Crippen LogP contribution < -0.4 is 10.6 Å². The molecule has 104 valence electrons. The maximum Gasteiger partial charge on any atom is 0.251 e. The first-order chi connectivity index (χ1) is 9.74. The first-order valence-corrected chi connectivity index (χ1v) is 6.63. The molecule has 0 unspecified atom stereocenters. The van der Waals surface area contributed by atoms with E-state index in [0.717, 1.165) is 30.0 Å². The number of nitrogens with zero attached hydrogens (tertiary/aromatic N) is 2. The molecule has 0 aliphatic rings. The van der Waals surface area contributed by atoms with Crippen LogP contribution in [0, 0.1) is 0 Å². The third kappa shape index (κ3) is 3.32. The number of hydrogen-bond donors (Lipinski definition) is 2. The van der Waals surface area contributed by atoms with Gasteiger partial charge in [-0.15, -0.1) is 0 Å². The largest absolute Gasteiger partial charge is 0.370 e. The Morgan fingerprint density at radius 2 is 1.95 bits per heavy atom. The average Bonchev–Trinajstić information content (AvgIpc) is 2.52. The van der Waals surface area contributed by atoms with Gasteiger partial charge in [0.2, 0.25) is 0 Å². The second-order valence-electron chi connectivity index (χ2n) is 4.37. The molecule has 0 saturated heterocycles. The van der Waals surface area contributed by atoms with Gasteiger partial charge in [0.25, 0.3) is 5.91 Å². The molecule has 1 heterocycles. The van der Waals surface area contributed by atoms with Crippen LogP contribution in [0.15, 0.2) is 36.7 Å². The van der Waals surface area contributed by atoms with Crippen LogP contribution >= 0.6 is 0 Å². The fourth-order valence-electron chi connectivity index (χ4n) is 1.80. The van der Waals surface area contributed by atoms with Crippen molar-refractivity contribution in [2.24, 2.45) is 0 Å². The predicted octanol–water partition coefficient (Wildman–Crippen LogP) is 2.33. The van der Waals surface area contributed by atoms with Gasteiger partial charge >= 0.3 is 0 Å². The molecule has 2 rings (SSSR count). The third-order valence-corrected chi connectivity index (χ3v) is 2.89. The van der Waals surface area contributed by atoms with Gasteiger partial charge in [-0.25, -0.2) is 9.97 Å². The van der Waals surface area contributed by atoms with E-state index in [2.05, 4.69) is 27.5 Å². The van der Waals surface area contributed by atoms with E-state index >= 15 is 0 Å². The molecule has 5 heteroatoms. The molecule has 1 amide bonds. The van der Waals surface area contributed by atoms with Crippen LogP contribution in [0.4, 0.5) is 5.82 Å². The van der Waals surface area contributed by atoms with Crippen LogP contribution in [-0.4, -0.2) is 29.5 Å². The van der Waals surface area contributed by atoms with Crippen molar-refractivity contribution < 1.29 is 4.79 Å². The van der Waals surface area contributed by atoms with Crippen molar-refractivity contribution in [3.05, 3.63) is 42.2 Å². The van der Waals surface area contributed by atoms with Gasteiger partial charge in [0.15, 0.2) is 0 Å². The molecule has 20 heavy (non-hydrogen) atoms. The predicted molar refractivity (Wildman–Crippen MR) is 79.6 cm³/mol. The molecule has 5 nitrogen and oxygen atoms in total. The minimum absolute atomic E-state index is 0.0930. The van der Waals surface area contributed by atoms with Gasteiger partial charge in [0.1, 0.15) is 12.1 Å². The number of carbonyl (C=O) groups is 1. The Labute approximate surface area is 118 Å². The average molecular weight is 270 g/mol. The van der Waals surface area contributed by atoms with Crippen molar-refractivity contribution in [2.45, 2.75) is 13.3 Å². The highest BCUT2D eigenvalue weighted by Gasteiger charge is 2.05. The van der Waals surface area contributed by atoms with Gasteiger partial charge in [-0.2, -0.15) is 0 Å². The highest BCUT2D eigenvalue weighted by Crippen LogP contribution is 2.19. The molecule has 0 atom stereocenters. The first kappa shape index (κ1) is 14.0. The lowest BCUT2D eigenvalue weighted by Crippen LogP contribution is -2.17. The molecule has 1 aromatic heterocycles. The van der Waals surface area contributed by atoms with Crippen LogP contribution in [0.2, 0.25) is 0 Å². The Balaban J connectivity index is 2.20. The molecule has 0 radical (unpaired) electrons. The molecule has 0 spiro atoms. The maximum atomic E-state index is 11.5. The summed E-state index contributed by atoms with van der Waals surface area (Å²) in [6, 6.07) is 9.25. The lowest BCUT2D eigenvalue weighted by atomic mass is 10.1. The summed E-state index contributed by atoms with van der Waals surface area (Å²) in [5.41, 5.74) is 2.43. The highest BCUT2D eigenvalue weighted by atomic mass is 16.1. The number of amides is 1. The molecule has 2 aromatic rings. The van der Waals surface area contributed by atoms with Crippen molar-refractivity contribution in [1.29, 1.82) is 0 Å². The maximum absolute atomic E-state index is 11.5. The zero-order chi connectivity index (χ0) is 14.4. The molecule has 2 N–H and O–H groups in total. The van der Waals surface area contributed by atoms with Crippen LogP contribution in [0.25, 0.3) is 11.3 Å². The smallest absolute Gasteiger partial charge is 0.251 e. The Kier molecular flexibility index (Phi) is 4.65. The fourth-order valence-corrected chi connectivity index (χ4v) is 1.80. The second kappa shape index (κ2) is 6.65. The fraction of sp³-hybridized carbons (Fsp3) is 0.267. The summed E-state index contributed by atoms with van der Waals surface area (Å²) >= 11 is 0. The molecule has 0 aliphatic heterocycles. The topological polar surface area (TPSA) is 66.9 Å². The Bertz CT molecular complexity index is 581. The highest BCUT2D eigenvalue weighted by molar-refractivity contribution is 5.94. The van der Waals surface area contributed by atoms with E-state index in [1.807, 2.05) is 18.2 Å². The Morgan fingerprint density at radius 3 is 2.60 bits per heavy atom. The normalized spacial score (nSPS) is 10.1. The number of carbonyl (C=O) groups excluding carboxylic acids is 1. The molecule has 0 fully saturated rings. The minimum Gasteiger partial charge on any atom is -0.370 e. The molecule has 0 saturated carbocycles. The molecule has 0 aliphatic carbocycles. The Hall–Kier alpha value is -2.43. The van der Waals surface area contributed by atoms with E-state index in [4.69, 9.17) is 0 Å². The monoisotopic (exact) mass is 270 g/mol. The van der Waals surface area contributed by atoms with Gasteiger partial charge in [0, 0.05) is 30.8 Å². The van der Waals surface area contributed by atoms with Crippen molar-refractivity contribution >= 4 is 11.7 Å². The lowest BCUT2D eigenvalue weighted by molar-refractivity contribution is 0.0963. The van der Waals surface area contributed by atoms with E-state index in [-0.39, 0.29) is 5.91 Å². The number of benzene rings is 1. The number of hydrogen-bond acceptors (Lipinski definition) is 4. The molecule has 0 bridgehead atoms. The van der Waals surface area contributed by atoms with Gasteiger partial charge < -0.3 is 10.6 Å². The second-order valence-corrected chi connectivity index (χ2v) is 4.37. The first-order valence-electron chi connectivity index (χ1n) is 6.63. The van der Waals surface area contributed by atoms with Crippen LogP contribution in [0.1, 0.15) is 23.7 Å². The summed E-state index contributed by atoms with van der Waals surface area (Å²) in [6.45, 7) is 2.98. The minimum atomic E-state index is -0.0930. The van der Waals surface area contributed by atoms with Crippen molar-refractivity contribution in [3.8, 4) is 11.3 Å². The van der Waals surface area contributed by atoms with Gasteiger partial charge in [-0.3, -0.25) is 4.79 Å². The SMILES string of the molecule is CCCNc1cc(-c2ccc(C(=O)NC)cc2)ncn1. The number of rotatable bonds is 5. The number of nitrogens with one attached hydrogen (secondary N) is 2. The number of anilines is 1. The zero-order valence-electron chi connectivity index (χ0n) is 11.7. The van der Waals surface area contributed by atoms with Crippen molar-refractivity contribution in [1.82, 2.24) is 15.3 Å². The Morgan fingerprint density at radius 1 is 1.20 bits per heavy atom. The summed E-state index contributed by atoms with van der Waals surface area (Å²) in [4.78, 5) is 19.9. The molecule has 1 aromatic carbocycles. The van der Waals surface area contributed by atoms with Crippen LogP contribution in [0.5, 0.6) is 0 Å². The van der Waals surface area contributed by atoms with Crippen molar-refractivity contribution in [2.75, 3.05) is 18.9 Å². The van der Waals surface area contributed by atoms with E-state index in [1.165, 1.54) is 0 Å². The van der Waals surface area contributed by atoms with Gasteiger partial charge in [-0.05, 0) is 18.6 Å². The standard InChI is InChI=1S/C15H18N4O/c1-3-8-17-14-9-13(18-10-19-14)11-4-6-12(7-5-11)15(20)16-2/h4-7,9-10H,3,8H2,1-2H3,(H,16,20)(H,17,18,19). The summed E-state index contributed by atoms with van der Waals surface area (Å²) in [5.74, 6) is 0.719. The number of aromatic nitrogens is 2. The van der Waals surface area contributed by atoms with E-state index in [1.54, 1.807) is 25.5 Å². The summed E-state index contributed by atoms with van der Waals surface area (Å²) < 4.78 is 0. The van der Waals surface area contributed by atoms with Gasteiger partial charge in [0.05, 0.1) is 5.69 Å². The molecular weight excluding hydrogens is 252 g/mol. The van der Waals surface area contributed by atoms with E-state index in [0.29, 0.717) is 5.56 Å². The summed E-state index contributed by atoms with van der Waals surface area (Å²) in [5, 5.41) is 5.83. The van der Waals surface area contributed by atoms with E-state index < -0.39 is 0 Å². The van der Waals surface area contributed by atoms with Crippen molar-refractivity contribution in [3.63, 3.8) is 0 Å². The lowest BCUT2D eigenvalue weighted by Gasteiger charge is -2.06.